The first-order chi connectivity index (χ1) is 31.5. The fraction of sp³-hybridized carbons (Fsp3) is 0.308. The largest absolute Gasteiger partial charge is 0.504 e. The van der Waals surface area contributed by atoms with Crippen molar-refractivity contribution in [2.45, 2.75) is 77.0 Å². The molecule has 0 amide bonds. The third-order valence-corrected chi connectivity index (χ3v) is 12.4. The van der Waals surface area contributed by atoms with Crippen LogP contribution in [0.3, 0.4) is 0 Å². The molecule has 0 saturated heterocycles. The van der Waals surface area contributed by atoms with Gasteiger partial charge in [0, 0.05) is 13.2 Å². The predicted octanol–water partition coefficient (Wildman–Crippen LogP) is 7.08. The molecule has 6 aromatic rings. The van der Waals surface area contributed by atoms with Crippen LogP contribution in [0, 0.1) is 11.8 Å². The summed E-state index contributed by atoms with van der Waals surface area (Å²) in [4.78, 5) is 0. The van der Waals surface area contributed by atoms with Crippen molar-refractivity contribution >= 4 is 0 Å². The molecule has 14 heteroatoms. The molecule has 14 nitrogen and oxygen atoms in total. The van der Waals surface area contributed by atoms with Gasteiger partial charge in [0.1, 0.15) is 0 Å². The Bertz CT molecular complexity index is 2550. The number of phenolic OH excluding ortho intramolecular Hbond substituents is 12. The number of benzene rings is 6. The lowest BCUT2D eigenvalue weighted by molar-refractivity contribution is 0.158. The van der Waals surface area contributed by atoms with Crippen molar-refractivity contribution in [1.29, 1.82) is 0 Å². The maximum atomic E-state index is 11.0. The standard InChI is InChI=1S/C52H58O14/c53-15-1-2-37(16-29-3-9-35(11-5-31-20-41(55)49(63)42(56)21-31)38(17-29)13-7-33-24-45(59)51(65)46(60)25-33)40(28-54)19-30-4-10-36(12-6-32-22-43(57)50(64)44(58)23-32)39(18-30)14-8-34-26-47(61)52(66)48(62)27-34/h3-4,9-10,17-18,20-27,37,40,53-66H,1-2,5-8,11-16,19,28H2/t37-,40+/m1/s1. The molecule has 2 atom stereocenters. The van der Waals surface area contributed by atoms with Gasteiger partial charge in [-0.05, 0) is 193 Å². The van der Waals surface area contributed by atoms with Gasteiger partial charge in [-0.3, -0.25) is 0 Å². The molecule has 6 aromatic carbocycles. The Hall–Kier alpha value is -7.16. The molecule has 0 radical (unpaired) electrons. The molecule has 14 N–H and O–H groups in total. The van der Waals surface area contributed by atoms with E-state index in [1.807, 2.05) is 24.3 Å². The van der Waals surface area contributed by atoms with Crippen LogP contribution in [-0.4, -0.2) is 84.7 Å². The molecule has 0 heterocycles. The lowest BCUT2D eigenvalue weighted by Crippen LogP contribution is -2.24. The molecule has 0 aromatic heterocycles. The minimum atomic E-state index is -0.606. The Morgan fingerprint density at radius 2 is 0.591 bits per heavy atom. The van der Waals surface area contributed by atoms with E-state index in [4.69, 9.17) is 0 Å². The van der Waals surface area contributed by atoms with Crippen LogP contribution < -0.4 is 0 Å². The lowest BCUT2D eigenvalue weighted by Gasteiger charge is -2.27. The summed E-state index contributed by atoms with van der Waals surface area (Å²) < 4.78 is 0. The first kappa shape index (κ1) is 48.3. The second kappa shape index (κ2) is 21.7. The highest BCUT2D eigenvalue weighted by Crippen LogP contribution is 2.39. The van der Waals surface area contributed by atoms with E-state index in [2.05, 4.69) is 12.1 Å². The zero-order chi connectivity index (χ0) is 47.7. The van der Waals surface area contributed by atoms with Crippen molar-refractivity contribution in [1.82, 2.24) is 0 Å². The average molecular weight is 907 g/mol. The lowest BCUT2D eigenvalue weighted by atomic mass is 9.79. The van der Waals surface area contributed by atoms with E-state index in [0.29, 0.717) is 99.3 Å². The Morgan fingerprint density at radius 1 is 0.303 bits per heavy atom. The van der Waals surface area contributed by atoms with Crippen molar-refractivity contribution < 1.29 is 71.5 Å². The summed E-state index contributed by atoms with van der Waals surface area (Å²) in [5.41, 5.74) is 8.15. The number of aromatic hydroxyl groups is 12. The van der Waals surface area contributed by atoms with Crippen LogP contribution in [0.15, 0.2) is 84.9 Å². The highest BCUT2D eigenvalue weighted by atomic mass is 16.3. The van der Waals surface area contributed by atoms with Crippen LogP contribution >= 0.6 is 0 Å². The maximum Gasteiger partial charge on any atom is 0.200 e. The molecule has 0 aliphatic carbocycles. The molecule has 0 spiro atoms. The summed E-state index contributed by atoms with van der Waals surface area (Å²) in [5.74, 6) is -6.21. The van der Waals surface area contributed by atoms with E-state index < -0.39 is 69.0 Å². The van der Waals surface area contributed by atoms with Gasteiger partial charge < -0.3 is 71.5 Å². The smallest absolute Gasteiger partial charge is 0.200 e. The number of aliphatic hydroxyl groups is 2. The van der Waals surface area contributed by atoms with Crippen LogP contribution in [0.1, 0.15) is 68.5 Å². The van der Waals surface area contributed by atoms with Crippen molar-refractivity contribution in [3.63, 3.8) is 0 Å². The van der Waals surface area contributed by atoms with E-state index >= 15 is 0 Å². The van der Waals surface area contributed by atoms with E-state index in [1.165, 1.54) is 48.5 Å². The van der Waals surface area contributed by atoms with E-state index in [9.17, 15) is 71.5 Å². The minimum absolute atomic E-state index is 0.0364. The SMILES string of the molecule is OCCC[C@H](Cc1ccc(CCc2cc(O)c(O)c(O)c2)c(CCc2cc(O)c(O)c(O)c2)c1)[C@H](CO)Cc1ccc(CCc2cc(O)c(O)c(O)c2)c(CCc2cc(O)c(O)c(O)c2)c1. The van der Waals surface area contributed by atoms with Crippen LogP contribution in [0.2, 0.25) is 0 Å². The van der Waals surface area contributed by atoms with Gasteiger partial charge in [0.15, 0.2) is 69.0 Å². The summed E-state index contributed by atoms with van der Waals surface area (Å²) in [6.45, 7) is -0.177. The summed E-state index contributed by atoms with van der Waals surface area (Å²) in [6, 6.07) is 23.3. The van der Waals surface area contributed by atoms with Gasteiger partial charge in [-0.2, -0.15) is 0 Å². The fourth-order valence-corrected chi connectivity index (χ4v) is 8.75. The molecule has 0 aliphatic rings. The molecule has 6 rings (SSSR count). The number of phenols is 12. The number of aliphatic hydroxyl groups excluding tert-OH is 2. The molecule has 66 heavy (non-hydrogen) atoms. The first-order valence-electron chi connectivity index (χ1n) is 21.9. The first-order valence-corrected chi connectivity index (χ1v) is 21.9. The van der Waals surface area contributed by atoms with E-state index in [-0.39, 0.29) is 25.0 Å². The summed E-state index contributed by atoms with van der Waals surface area (Å²) >= 11 is 0. The molecule has 0 bridgehead atoms. The second-order valence-corrected chi connectivity index (χ2v) is 17.1. The minimum Gasteiger partial charge on any atom is -0.504 e. The van der Waals surface area contributed by atoms with Crippen molar-refractivity contribution in [2.75, 3.05) is 13.2 Å². The number of hydrogen-bond acceptors (Lipinski definition) is 14. The predicted molar refractivity (Wildman–Crippen MR) is 246 cm³/mol. The van der Waals surface area contributed by atoms with Crippen LogP contribution in [0.25, 0.3) is 0 Å². The molecular formula is C52H58O14. The number of aryl methyl sites for hydroxylation is 8. The maximum absolute atomic E-state index is 11.0. The topological polar surface area (TPSA) is 283 Å². The van der Waals surface area contributed by atoms with Crippen molar-refractivity contribution in [3.8, 4) is 69.0 Å². The van der Waals surface area contributed by atoms with Crippen LogP contribution in [-0.2, 0) is 64.2 Å². The summed E-state index contributed by atoms with van der Waals surface area (Å²) in [7, 11) is 0. The summed E-state index contributed by atoms with van der Waals surface area (Å²) in [5, 5.41) is 141. The highest BCUT2D eigenvalue weighted by Gasteiger charge is 2.24. The molecule has 0 unspecified atom stereocenters. The van der Waals surface area contributed by atoms with Gasteiger partial charge in [-0.25, -0.2) is 0 Å². The quantitative estimate of drug-likeness (QED) is 0.0322. The Morgan fingerprint density at radius 3 is 0.879 bits per heavy atom. The Kier molecular flexibility index (Phi) is 15.9. The fourth-order valence-electron chi connectivity index (χ4n) is 8.75. The third kappa shape index (κ3) is 12.1. The van der Waals surface area contributed by atoms with E-state index in [0.717, 1.165) is 33.4 Å². The molecule has 0 fully saturated rings. The van der Waals surface area contributed by atoms with Gasteiger partial charge in [0.05, 0.1) is 0 Å². The van der Waals surface area contributed by atoms with Crippen molar-refractivity contribution in [3.05, 3.63) is 141 Å². The Labute approximate surface area is 382 Å². The number of rotatable bonds is 21. The van der Waals surface area contributed by atoms with Crippen LogP contribution in [0.4, 0.5) is 0 Å². The molecular weight excluding hydrogens is 849 g/mol. The zero-order valence-electron chi connectivity index (χ0n) is 36.4. The van der Waals surface area contributed by atoms with Gasteiger partial charge >= 0.3 is 0 Å². The third-order valence-electron chi connectivity index (χ3n) is 12.4. The van der Waals surface area contributed by atoms with Crippen molar-refractivity contribution in [2.24, 2.45) is 11.8 Å². The zero-order valence-corrected chi connectivity index (χ0v) is 36.4. The second-order valence-electron chi connectivity index (χ2n) is 17.1. The van der Waals surface area contributed by atoms with Gasteiger partial charge in [0.25, 0.3) is 0 Å². The highest BCUT2D eigenvalue weighted by molar-refractivity contribution is 5.54. The molecule has 350 valence electrons. The molecule has 0 aliphatic heterocycles. The Balaban J connectivity index is 1.26. The normalized spacial score (nSPS) is 12.3. The molecule has 0 saturated carbocycles. The van der Waals surface area contributed by atoms with Gasteiger partial charge in [-0.1, -0.05) is 36.4 Å². The van der Waals surface area contributed by atoms with E-state index in [1.54, 1.807) is 0 Å². The average Bonchev–Trinajstić information content (AvgIpc) is 3.29. The van der Waals surface area contributed by atoms with Gasteiger partial charge in [-0.15, -0.1) is 0 Å². The number of hydrogen-bond donors (Lipinski definition) is 14. The van der Waals surface area contributed by atoms with Crippen LogP contribution in [0.5, 0.6) is 69.0 Å². The monoisotopic (exact) mass is 906 g/mol. The van der Waals surface area contributed by atoms with Gasteiger partial charge in [0.2, 0.25) is 0 Å². The summed E-state index contributed by atoms with van der Waals surface area (Å²) in [6.07, 6.45) is 5.78.